The summed E-state index contributed by atoms with van der Waals surface area (Å²) < 4.78 is 3.46. The van der Waals surface area contributed by atoms with Crippen LogP contribution in [0, 0.1) is 0 Å². The predicted molar refractivity (Wildman–Crippen MR) is 178 cm³/mol. The van der Waals surface area contributed by atoms with E-state index in [1.54, 1.807) is 0 Å². The molecule has 7 aromatic carbocycles. The first-order valence-corrected chi connectivity index (χ1v) is 14.6. The minimum atomic E-state index is 1.03. The molecule has 8 rings (SSSR count). The molecule has 8 aromatic rings. The topological polar surface area (TPSA) is 8.17 Å². The van der Waals surface area contributed by atoms with Gasteiger partial charge in [0.2, 0.25) is 0 Å². The number of benzene rings is 7. The van der Waals surface area contributed by atoms with Crippen molar-refractivity contribution in [1.82, 2.24) is 4.57 Å². The molecule has 0 fully saturated rings. The highest BCUT2D eigenvalue weighted by Crippen LogP contribution is 2.45. The standard InChI is InChI=1S/C38H25BrN2/c39-37-35(40(28-15-2-1-3-16-28)33-21-10-14-26-12-4-6-17-29(26)33)22-11-23-36(37)41-34-20-9-8-19-31(34)32-25-24-27-13-5-7-18-30(27)38(32)41/h1-25H. The van der Waals surface area contributed by atoms with E-state index in [0.29, 0.717) is 0 Å². The lowest BCUT2D eigenvalue weighted by molar-refractivity contribution is 1.16. The third-order valence-electron chi connectivity index (χ3n) is 8.02. The van der Waals surface area contributed by atoms with E-state index in [-0.39, 0.29) is 0 Å². The molecular weight excluding hydrogens is 564 g/mol. The fourth-order valence-electron chi connectivity index (χ4n) is 6.22. The van der Waals surface area contributed by atoms with Crippen LogP contribution in [0.4, 0.5) is 17.1 Å². The summed E-state index contributed by atoms with van der Waals surface area (Å²) in [5, 5.41) is 7.40. The molecule has 0 N–H and O–H groups in total. The van der Waals surface area contributed by atoms with Gasteiger partial charge in [0.1, 0.15) is 0 Å². The number of nitrogens with zero attached hydrogens (tertiary/aromatic N) is 2. The Kier molecular flexibility index (Phi) is 5.65. The van der Waals surface area contributed by atoms with Crippen molar-refractivity contribution in [1.29, 1.82) is 0 Å². The molecule has 0 saturated carbocycles. The zero-order valence-electron chi connectivity index (χ0n) is 22.2. The van der Waals surface area contributed by atoms with Crippen LogP contribution in [0.5, 0.6) is 0 Å². The van der Waals surface area contributed by atoms with Crippen LogP contribution >= 0.6 is 15.9 Å². The number of halogens is 1. The summed E-state index contributed by atoms with van der Waals surface area (Å²) in [5.74, 6) is 0. The van der Waals surface area contributed by atoms with Gasteiger partial charge in [-0.3, -0.25) is 0 Å². The number of hydrogen-bond acceptors (Lipinski definition) is 1. The third kappa shape index (κ3) is 3.77. The first-order valence-electron chi connectivity index (χ1n) is 13.8. The van der Waals surface area contributed by atoms with Gasteiger partial charge in [0.25, 0.3) is 0 Å². The van der Waals surface area contributed by atoms with Crippen LogP contribution in [0.2, 0.25) is 0 Å². The maximum absolute atomic E-state index is 4.14. The van der Waals surface area contributed by atoms with Gasteiger partial charge in [0, 0.05) is 27.2 Å². The van der Waals surface area contributed by atoms with Crippen molar-refractivity contribution in [3.63, 3.8) is 0 Å². The molecule has 1 heterocycles. The normalized spacial score (nSPS) is 11.5. The summed E-state index contributed by atoms with van der Waals surface area (Å²) in [6.07, 6.45) is 0. The van der Waals surface area contributed by atoms with Crippen molar-refractivity contribution in [2.75, 3.05) is 4.90 Å². The lowest BCUT2D eigenvalue weighted by atomic mass is 10.1. The van der Waals surface area contributed by atoms with Gasteiger partial charge in [-0.2, -0.15) is 0 Å². The summed E-state index contributed by atoms with van der Waals surface area (Å²) in [4.78, 5) is 2.36. The summed E-state index contributed by atoms with van der Waals surface area (Å²) in [5.41, 5.74) is 6.84. The second-order valence-electron chi connectivity index (χ2n) is 10.3. The second-order valence-corrected chi connectivity index (χ2v) is 11.1. The Balaban J connectivity index is 1.46. The zero-order chi connectivity index (χ0) is 27.3. The van der Waals surface area contributed by atoms with E-state index in [1.807, 2.05) is 0 Å². The molecule has 0 amide bonds. The van der Waals surface area contributed by atoms with Crippen molar-refractivity contribution >= 4 is 76.3 Å². The van der Waals surface area contributed by atoms with Crippen LogP contribution in [0.1, 0.15) is 0 Å². The van der Waals surface area contributed by atoms with Crippen molar-refractivity contribution < 1.29 is 0 Å². The number of hydrogen-bond donors (Lipinski definition) is 0. The number of anilines is 3. The molecule has 0 aliphatic carbocycles. The molecule has 3 heteroatoms. The van der Waals surface area contributed by atoms with E-state index in [0.717, 1.165) is 27.2 Å². The average molecular weight is 590 g/mol. The number of rotatable bonds is 4. The molecular formula is C38H25BrN2. The molecule has 0 aliphatic heterocycles. The minimum Gasteiger partial charge on any atom is -0.309 e. The Labute approximate surface area is 246 Å². The van der Waals surface area contributed by atoms with Gasteiger partial charge in [0.15, 0.2) is 0 Å². The molecule has 41 heavy (non-hydrogen) atoms. The number of aromatic nitrogens is 1. The van der Waals surface area contributed by atoms with Crippen LogP contribution in [0.3, 0.4) is 0 Å². The molecule has 0 radical (unpaired) electrons. The van der Waals surface area contributed by atoms with Gasteiger partial charge in [-0.15, -0.1) is 0 Å². The highest BCUT2D eigenvalue weighted by Gasteiger charge is 2.22. The summed E-state index contributed by atoms with van der Waals surface area (Å²) >= 11 is 4.14. The smallest absolute Gasteiger partial charge is 0.0656 e. The van der Waals surface area contributed by atoms with Crippen molar-refractivity contribution in [3.8, 4) is 5.69 Å². The molecule has 0 aliphatic rings. The lowest BCUT2D eigenvalue weighted by Gasteiger charge is -2.28. The zero-order valence-corrected chi connectivity index (χ0v) is 23.8. The quantitative estimate of drug-likeness (QED) is 0.198. The van der Waals surface area contributed by atoms with Crippen molar-refractivity contribution in [3.05, 3.63) is 156 Å². The predicted octanol–water partition coefficient (Wildman–Crippen LogP) is 11.3. The Morgan fingerprint density at radius 1 is 0.439 bits per heavy atom. The Hall–Kier alpha value is -4.86. The van der Waals surface area contributed by atoms with Crippen LogP contribution < -0.4 is 4.90 Å². The largest absolute Gasteiger partial charge is 0.309 e. The maximum Gasteiger partial charge on any atom is 0.0656 e. The Bertz CT molecular complexity index is 2220. The Morgan fingerprint density at radius 3 is 1.88 bits per heavy atom. The summed E-state index contributed by atoms with van der Waals surface area (Å²) in [6, 6.07) is 54.2. The van der Waals surface area contributed by atoms with E-state index >= 15 is 0 Å². The summed E-state index contributed by atoms with van der Waals surface area (Å²) in [6.45, 7) is 0. The molecule has 2 nitrogen and oxygen atoms in total. The first-order chi connectivity index (χ1) is 20.3. The van der Waals surface area contributed by atoms with E-state index in [9.17, 15) is 0 Å². The molecule has 0 unspecified atom stereocenters. The fourth-order valence-corrected chi connectivity index (χ4v) is 6.84. The maximum atomic E-state index is 4.14. The fraction of sp³-hybridized carbons (Fsp3) is 0. The van der Waals surface area contributed by atoms with Gasteiger partial charge >= 0.3 is 0 Å². The molecule has 1 aromatic heterocycles. The summed E-state index contributed by atoms with van der Waals surface area (Å²) in [7, 11) is 0. The van der Waals surface area contributed by atoms with Crippen molar-refractivity contribution in [2.45, 2.75) is 0 Å². The molecule has 0 saturated heterocycles. The number of para-hydroxylation sites is 2. The lowest BCUT2D eigenvalue weighted by Crippen LogP contribution is -2.12. The van der Waals surface area contributed by atoms with Gasteiger partial charge in [-0.05, 0) is 63.1 Å². The van der Waals surface area contributed by atoms with Gasteiger partial charge in [0.05, 0.1) is 32.6 Å². The van der Waals surface area contributed by atoms with Crippen LogP contribution in [-0.2, 0) is 0 Å². The SMILES string of the molecule is Brc1c(N(c2ccccc2)c2cccc3ccccc23)cccc1-n1c2ccccc2c2ccc3ccccc3c21. The highest BCUT2D eigenvalue weighted by atomic mass is 79.9. The minimum absolute atomic E-state index is 1.03. The van der Waals surface area contributed by atoms with E-state index in [2.05, 4.69) is 177 Å². The Morgan fingerprint density at radius 2 is 1.05 bits per heavy atom. The first kappa shape index (κ1) is 24.0. The molecule has 0 atom stereocenters. The monoisotopic (exact) mass is 588 g/mol. The van der Waals surface area contributed by atoms with Gasteiger partial charge in [-0.25, -0.2) is 0 Å². The van der Waals surface area contributed by atoms with E-state index < -0.39 is 0 Å². The van der Waals surface area contributed by atoms with E-state index in [4.69, 9.17) is 0 Å². The van der Waals surface area contributed by atoms with E-state index in [1.165, 1.54) is 43.4 Å². The highest BCUT2D eigenvalue weighted by molar-refractivity contribution is 9.10. The molecule has 194 valence electrons. The molecule has 0 bridgehead atoms. The van der Waals surface area contributed by atoms with Gasteiger partial charge < -0.3 is 9.47 Å². The van der Waals surface area contributed by atoms with Gasteiger partial charge in [-0.1, -0.05) is 115 Å². The molecule has 0 spiro atoms. The average Bonchev–Trinajstić information content (AvgIpc) is 3.37. The third-order valence-corrected chi connectivity index (χ3v) is 8.83. The van der Waals surface area contributed by atoms with Crippen LogP contribution in [0.15, 0.2) is 156 Å². The number of fused-ring (bicyclic) bond motifs is 6. The van der Waals surface area contributed by atoms with Crippen LogP contribution in [0.25, 0.3) is 49.0 Å². The second kappa shape index (κ2) is 9.65. The van der Waals surface area contributed by atoms with Crippen LogP contribution in [-0.4, -0.2) is 4.57 Å². The van der Waals surface area contributed by atoms with Crippen molar-refractivity contribution in [2.24, 2.45) is 0 Å².